The lowest BCUT2D eigenvalue weighted by atomic mass is 10.0. The Labute approximate surface area is 108 Å². The molecule has 5 heteroatoms. The third-order valence-electron chi connectivity index (χ3n) is 2.17. The summed E-state index contributed by atoms with van der Waals surface area (Å²) in [6.07, 6.45) is 3.21. The second-order valence-electron chi connectivity index (χ2n) is 3.32. The van der Waals surface area contributed by atoms with Gasteiger partial charge in [0.15, 0.2) is 0 Å². The first-order chi connectivity index (χ1) is 8.69. The third-order valence-corrected chi connectivity index (χ3v) is 2.17. The molecular formula is C13H20N4O. The number of carbonyl (C=O) groups excluding carboxylic acids is 1. The molecule has 0 aliphatic heterocycles. The van der Waals surface area contributed by atoms with Crippen LogP contribution in [0.1, 0.15) is 11.7 Å². The largest absolute Gasteiger partial charge is 0.345 e. The number of nitrogens with one attached hydrogen (secondary N) is 1. The Morgan fingerprint density at radius 2 is 2.17 bits per heavy atom. The third kappa shape index (κ3) is 4.90. The number of nitrogens with zero attached hydrogens (tertiary/aromatic N) is 1. The van der Waals surface area contributed by atoms with Crippen LogP contribution < -0.4 is 16.8 Å². The molecule has 0 spiro atoms. The highest BCUT2D eigenvalue weighted by atomic mass is 16.1. The molecule has 1 aromatic heterocycles. The van der Waals surface area contributed by atoms with E-state index in [1.54, 1.807) is 24.4 Å². The van der Waals surface area contributed by atoms with Gasteiger partial charge in [-0.25, -0.2) is 0 Å². The molecule has 2 unspecified atom stereocenters. The molecule has 0 bridgehead atoms. The predicted octanol–water partition coefficient (Wildman–Crippen LogP) is 0.513. The lowest BCUT2D eigenvalue weighted by Crippen LogP contribution is -2.42. The Balaban J connectivity index is 0.00000137. The topological polar surface area (TPSA) is 94.0 Å². The van der Waals surface area contributed by atoms with Gasteiger partial charge in [0.05, 0.1) is 18.3 Å². The van der Waals surface area contributed by atoms with Gasteiger partial charge >= 0.3 is 0 Å². The van der Waals surface area contributed by atoms with Crippen LogP contribution in [-0.2, 0) is 4.79 Å². The fourth-order valence-corrected chi connectivity index (χ4v) is 1.30. The maximum atomic E-state index is 11.3. The normalized spacial score (nSPS) is 12.6. The zero-order valence-corrected chi connectivity index (χ0v) is 10.4. The molecule has 0 aliphatic carbocycles. The van der Waals surface area contributed by atoms with Crippen LogP contribution in [0.3, 0.4) is 0 Å². The highest BCUT2D eigenvalue weighted by molar-refractivity contribution is 5.78. The minimum absolute atomic E-state index is 0.0762. The van der Waals surface area contributed by atoms with Crippen LogP contribution in [0.5, 0.6) is 0 Å². The number of amides is 1. The van der Waals surface area contributed by atoms with E-state index in [0.29, 0.717) is 5.69 Å². The van der Waals surface area contributed by atoms with Crippen molar-refractivity contribution >= 4 is 5.91 Å². The number of carbonyl (C=O) groups is 1. The molecule has 0 aliphatic rings. The summed E-state index contributed by atoms with van der Waals surface area (Å²) in [6.45, 7) is 9.53. The van der Waals surface area contributed by atoms with Gasteiger partial charge in [0.2, 0.25) is 5.91 Å². The average molecular weight is 248 g/mol. The van der Waals surface area contributed by atoms with Crippen molar-refractivity contribution in [3.63, 3.8) is 0 Å². The molecule has 0 radical (unpaired) electrons. The summed E-state index contributed by atoms with van der Waals surface area (Å²) >= 11 is 0. The molecule has 1 heterocycles. The van der Waals surface area contributed by atoms with Gasteiger partial charge in [-0.05, 0) is 12.1 Å². The molecule has 1 amide bonds. The van der Waals surface area contributed by atoms with Crippen LogP contribution in [0.4, 0.5) is 0 Å². The molecule has 0 fully saturated rings. The molecule has 2 atom stereocenters. The van der Waals surface area contributed by atoms with E-state index in [2.05, 4.69) is 30.0 Å². The Hall–Kier alpha value is -1.98. The molecule has 1 aromatic rings. The van der Waals surface area contributed by atoms with Crippen molar-refractivity contribution < 1.29 is 4.79 Å². The first-order valence-corrected chi connectivity index (χ1v) is 5.47. The first-order valence-electron chi connectivity index (χ1n) is 5.47. The summed E-state index contributed by atoms with van der Waals surface area (Å²) in [5.74, 6) is -0.270. The van der Waals surface area contributed by atoms with Crippen molar-refractivity contribution in [3.05, 3.63) is 55.9 Å². The van der Waals surface area contributed by atoms with Crippen molar-refractivity contribution in [2.45, 2.75) is 12.1 Å². The van der Waals surface area contributed by atoms with E-state index in [-0.39, 0.29) is 12.5 Å². The second-order valence-corrected chi connectivity index (χ2v) is 3.32. The van der Waals surface area contributed by atoms with Gasteiger partial charge in [0.25, 0.3) is 0 Å². The summed E-state index contributed by atoms with van der Waals surface area (Å²) in [6, 6.07) is 4.63. The molecular weight excluding hydrogens is 228 g/mol. The summed E-state index contributed by atoms with van der Waals surface area (Å²) in [4.78, 5) is 15.4. The Kier molecular flexibility index (Phi) is 8.09. The van der Waals surface area contributed by atoms with E-state index < -0.39 is 12.1 Å². The Morgan fingerprint density at radius 1 is 1.50 bits per heavy atom. The van der Waals surface area contributed by atoms with Gasteiger partial charge in [-0.2, -0.15) is 0 Å². The summed E-state index contributed by atoms with van der Waals surface area (Å²) in [7, 11) is 0. The van der Waals surface area contributed by atoms with E-state index in [0.717, 1.165) is 0 Å². The van der Waals surface area contributed by atoms with Crippen molar-refractivity contribution in [1.82, 2.24) is 10.3 Å². The fourth-order valence-electron chi connectivity index (χ4n) is 1.30. The molecule has 0 saturated heterocycles. The number of aromatic nitrogens is 1. The quantitative estimate of drug-likeness (QED) is 0.662. The zero-order valence-electron chi connectivity index (χ0n) is 10.4. The minimum atomic E-state index is -0.398. The van der Waals surface area contributed by atoms with Crippen LogP contribution in [-0.4, -0.2) is 23.5 Å². The summed E-state index contributed by atoms with van der Waals surface area (Å²) in [5, 5.41) is 2.71. The molecule has 0 saturated carbocycles. The Bertz CT molecular complexity index is 367. The van der Waals surface area contributed by atoms with Crippen molar-refractivity contribution in [1.29, 1.82) is 0 Å². The maximum Gasteiger partial charge on any atom is 0.234 e. The van der Waals surface area contributed by atoms with E-state index >= 15 is 0 Å². The number of rotatable bonds is 5. The average Bonchev–Trinajstić information content (AvgIpc) is 2.46. The summed E-state index contributed by atoms with van der Waals surface area (Å²) < 4.78 is 0. The van der Waals surface area contributed by atoms with Crippen LogP contribution >= 0.6 is 0 Å². The van der Waals surface area contributed by atoms with Gasteiger partial charge in [0.1, 0.15) is 0 Å². The van der Waals surface area contributed by atoms with Crippen LogP contribution in [0.2, 0.25) is 0 Å². The number of hydrogen-bond donors (Lipinski definition) is 3. The van der Waals surface area contributed by atoms with E-state index in [1.807, 2.05) is 6.07 Å². The lowest BCUT2D eigenvalue weighted by Gasteiger charge is -2.21. The van der Waals surface area contributed by atoms with Gasteiger partial charge < -0.3 is 16.8 Å². The van der Waals surface area contributed by atoms with Gasteiger partial charge in [-0.15, -0.1) is 19.7 Å². The predicted molar refractivity (Wildman–Crippen MR) is 73.6 cm³/mol. The van der Waals surface area contributed by atoms with Crippen molar-refractivity contribution in [3.8, 4) is 0 Å². The molecule has 0 aromatic carbocycles. The number of pyridine rings is 1. The van der Waals surface area contributed by atoms with Gasteiger partial charge in [-0.3, -0.25) is 9.78 Å². The van der Waals surface area contributed by atoms with Crippen LogP contribution in [0.15, 0.2) is 50.2 Å². The first kappa shape index (κ1) is 16.0. The molecule has 98 valence electrons. The van der Waals surface area contributed by atoms with E-state index in [9.17, 15) is 4.79 Å². The smallest absolute Gasteiger partial charge is 0.234 e. The van der Waals surface area contributed by atoms with Crippen molar-refractivity contribution in [2.75, 3.05) is 6.54 Å². The Morgan fingerprint density at radius 3 is 2.61 bits per heavy atom. The second kappa shape index (κ2) is 9.09. The minimum Gasteiger partial charge on any atom is -0.345 e. The molecule has 18 heavy (non-hydrogen) atoms. The standard InChI is InChI=1S/C11H16N4O.C2H4/c1-2-8(13)11(15-10(16)7-12)9-5-3-4-6-14-9;1-2/h2-6,8,11H,1,7,12-13H2,(H,15,16);1-2H2. The van der Waals surface area contributed by atoms with Gasteiger partial charge in [-0.1, -0.05) is 12.1 Å². The van der Waals surface area contributed by atoms with Gasteiger partial charge in [0, 0.05) is 12.2 Å². The van der Waals surface area contributed by atoms with Crippen LogP contribution in [0, 0.1) is 0 Å². The molecule has 5 N–H and O–H groups in total. The fraction of sp³-hybridized carbons (Fsp3) is 0.231. The molecule has 5 nitrogen and oxygen atoms in total. The highest BCUT2D eigenvalue weighted by Gasteiger charge is 2.19. The summed E-state index contributed by atoms with van der Waals surface area (Å²) in [5.41, 5.74) is 11.8. The SMILES string of the molecule is C=C.C=CC(N)C(NC(=O)CN)c1ccccn1. The van der Waals surface area contributed by atoms with E-state index in [4.69, 9.17) is 11.5 Å². The van der Waals surface area contributed by atoms with E-state index in [1.165, 1.54) is 0 Å². The zero-order chi connectivity index (χ0) is 14.0. The highest BCUT2D eigenvalue weighted by Crippen LogP contribution is 2.13. The lowest BCUT2D eigenvalue weighted by molar-refractivity contribution is -0.120. The van der Waals surface area contributed by atoms with Crippen LogP contribution in [0.25, 0.3) is 0 Å². The molecule has 1 rings (SSSR count). The maximum absolute atomic E-state index is 11.3. The van der Waals surface area contributed by atoms with Crippen molar-refractivity contribution in [2.24, 2.45) is 11.5 Å². The number of nitrogens with two attached hydrogens (primary N) is 2. The monoisotopic (exact) mass is 248 g/mol. The number of hydrogen-bond acceptors (Lipinski definition) is 4.